The molecule has 0 aliphatic rings. The topological polar surface area (TPSA) is 48.0 Å². The lowest BCUT2D eigenvalue weighted by Gasteiger charge is -1.98. The highest BCUT2D eigenvalue weighted by atomic mass is 16.3. The van der Waals surface area contributed by atoms with Crippen LogP contribution in [0.5, 0.6) is 5.75 Å². The average Bonchev–Trinajstić information content (AvgIpc) is 2.64. The monoisotopic (exact) mass is 212 g/mol. The Labute approximate surface area is 92.7 Å². The van der Waals surface area contributed by atoms with Crippen molar-refractivity contribution in [2.24, 2.45) is 0 Å². The van der Waals surface area contributed by atoms with Crippen molar-refractivity contribution in [3.8, 4) is 5.75 Å². The number of H-pyrrole nitrogens is 1. The first-order chi connectivity index (χ1) is 7.78. The summed E-state index contributed by atoms with van der Waals surface area (Å²) in [7, 11) is 1.90. The maximum atomic E-state index is 9.42. The van der Waals surface area contributed by atoms with Gasteiger partial charge in [-0.2, -0.15) is 0 Å². The SMILES string of the molecule is CNc1ccc2c(c1)[nH]c1cc(O)ccc12. The van der Waals surface area contributed by atoms with Gasteiger partial charge in [-0.1, -0.05) is 6.07 Å². The molecule has 3 N–H and O–H groups in total. The lowest BCUT2D eigenvalue weighted by atomic mass is 10.1. The molecule has 0 aliphatic carbocycles. The van der Waals surface area contributed by atoms with Crippen LogP contribution in [-0.2, 0) is 0 Å². The number of anilines is 1. The van der Waals surface area contributed by atoms with Crippen LogP contribution in [0.15, 0.2) is 36.4 Å². The zero-order valence-electron chi connectivity index (χ0n) is 8.91. The van der Waals surface area contributed by atoms with Gasteiger partial charge < -0.3 is 15.4 Å². The van der Waals surface area contributed by atoms with Gasteiger partial charge in [0.1, 0.15) is 5.75 Å². The number of nitrogens with one attached hydrogen (secondary N) is 2. The predicted octanol–water partition coefficient (Wildman–Crippen LogP) is 3.07. The summed E-state index contributed by atoms with van der Waals surface area (Å²) in [5.41, 5.74) is 3.11. The van der Waals surface area contributed by atoms with E-state index in [-0.39, 0.29) is 5.75 Å². The molecule has 0 bridgehead atoms. The molecule has 16 heavy (non-hydrogen) atoms. The molecule has 1 aromatic heterocycles. The van der Waals surface area contributed by atoms with E-state index in [1.54, 1.807) is 12.1 Å². The maximum Gasteiger partial charge on any atom is 0.117 e. The molecule has 0 amide bonds. The second kappa shape index (κ2) is 3.17. The van der Waals surface area contributed by atoms with E-state index in [1.165, 1.54) is 5.39 Å². The molecule has 0 aliphatic heterocycles. The molecule has 2 aromatic carbocycles. The maximum absolute atomic E-state index is 9.42. The van der Waals surface area contributed by atoms with E-state index in [1.807, 2.05) is 19.2 Å². The summed E-state index contributed by atoms with van der Waals surface area (Å²) in [4.78, 5) is 3.29. The van der Waals surface area contributed by atoms with Crippen molar-refractivity contribution in [2.45, 2.75) is 0 Å². The highest BCUT2D eigenvalue weighted by Crippen LogP contribution is 2.29. The van der Waals surface area contributed by atoms with Crippen LogP contribution in [0.3, 0.4) is 0 Å². The summed E-state index contributed by atoms with van der Waals surface area (Å²) in [6.07, 6.45) is 0. The third kappa shape index (κ3) is 1.21. The lowest BCUT2D eigenvalue weighted by molar-refractivity contribution is 0.476. The highest BCUT2D eigenvalue weighted by Gasteiger charge is 2.04. The lowest BCUT2D eigenvalue weighted by Crippen LogP contribution is -1.85. The van der Waals surface area contributed by atoms with Crippen LogP contribution in [0.1, 0.15) is 0 Å². The number of fused-ring (bicyclic) bond motifs is 3. The van der Waals surface area contributed by atoms with Crippen LogP contribution in [0.2, 0.25) is 0 Å². The van der Waals surface area contributed by atoms with Crippen LogP contribution >= 0.6 is 0 Å². The van der Waals surface area contributed by atoms with Gasteiger partial charge in [0.2, 0.25) is 0 Å². The zero-order chi connectivity index (χ0) is 11.1. The molecule has 80 valence electrons. The van der Waals surface area contributed by atoms with Crippen LogP contribution in [0, 0.1) is 0 Å². The first-order valence-electron chi connectivity index (χ1n) is 5.20. The van der Waals surface area contributed by atoms with Crippen molar-refractivity contribution in [3.05, 3.63) is 36.4 Å². The molecular formula is C13H12N2O. The van der Waals surface area contributed by atoms with E-state index >= 15 is 0 Å². The normalized spacial score (nSPS) is 11.1. The van der Waals surface area contributed by atoms with E-state index in [0.717, 1.165) is 22.1 Å². The molecule has 0 saturated heterocycles. The Hall–Kier alpha value is -2.16. The van der Waals surface area contributed by atoms with Gasteiger partial charge in [0.05, 0.1) is 5.52 Å². The number of phenolic OH excluding ortho intramolecular Hbond substituents is 1. The molecule has 0 radical (unpaired) electrons. The molecule has 3 heteroatoms. The third-order valence-corrected chi connectivity index (χ3v) is 2.87. The third-order valence-electron chi connectivity index (χ3n) is 2.87. The summed E-state index contributed by atoms with van der Waals surface area (Å²) < 4.78 is 0. The van der Waals surface area contributed by atoms with Crippen LogP contribution in [0.25, 0.3) is 21.8 Å². The second-order valence-electron chi connectivity index (χ2n) is 3.87. The van der Waals surface area contributed by atoms with E-state index in [9.17, 15) is 5.11 Å². The Balaban J connectivity index is 2.40. The Morgan fingerprint density at radius 1 is 1.00 bits per heavy atom. The molecule has 0 atom stereocenters. The molecule has 3 rings (SSSR count). The zero-order valence-corrected chi connectivity index (χ0v) is 8.91. The van der Waals surface area contributed by atoms with Crippen LogP contribution in [0.4, 0.5) is 5.69 Å². The van der Waals surface area contributed by atoms with Crippen molar-refractivity contribution in [3.63, 3.8) is 0 Å². The van der Waals surface area contributed by atoms with Crippen LogP contribution in [-0.4, -0.2) is 17.1 Å². The molecule has 1 heterocycles. The quantitative estimate of drug-likeness (QED) is 0.580. The van der Waals surface area contributed by atoms with Gasteiger partial charge in [-0.05, 0) is 24.3 Å². The predicted molar refractivity (Wildman–Crippen MR) is 67.0 cm³/mol. The Bertz CT molecular complexity index is 670. The number of benzene rings is 2. The summed E-state index contributed by atoms with van der Waals surface area (Å²) >= 11 is 0. The first kappa shape index (κ1) is 9.09. The Morgan fingerprint density at radius 3 is 2.44 bits per heavy atom. The molecule has 0 saturated carbocycles. The van der Waals surface area contributed by atoms with Gasteiger partial charge in [-0.25, -0.2) is 0 Å². The minimum Gasteiger partial charge on any atom is -0.508 e. The standard InChI is InChI=1S/C13H12N2O/c1-14-8-2-4-10-11-5-3-9(16)7-13(11)15-12(10)6-8/h2-7,14-16H,1H3. The number of aromatic nitrogens is 1. The molecule has 0 spiro atoms. The smallest absolute Gasteiger partial charge is 0.117 e. The van der Waals surface area contributed by atoms with Crippen molar-refractivity contribution in [2.75, 3.05) is 12.4 Å². The number of hydrogen-bond donors (Lipinski definition) is 3. The van der Waals surface area contributed by atoms with Gasteiger partial charge in [-0.3, -0.25) is 0 Å². The fourth-order valence-corrected chi connectivity index (χ4v) is 2.05. The fourth-order valence-electron chi connectivity index (χ4n) is 2.05. The van der Waals surface area contributed by atoms with E-state index in [2.05, 4.69) is 22.4 Å². The average molecular weight is 212 g/mol. The summed E-state index contributed by atoms with van der Waals surface area (Å²) in [6, 6.07) is 11.6. The fraction of sp³-hybridized carbons (Fsp3) is 0.0769. The largest absolute Gasteiger partial charge is 0.508 e. The van der Waals surface area contributed by atoms with Crippen molar-refractivity contribution < 1.29 is 5.11 Å². The minimum atomic E-state index is 0.285. The van der Waals surface area contributed by atoms with Crippen molar-refractivity contribution in [1.82, 2.24) is 4.98 Å². The first-order valence-corrected chi connectivity index (χ1v) is 5.20. The Kier molecular flexibility index (Phi) is 1.80. The number of hydrogen-bond acceptors (Lipinski definition) is 2. The number of rotatable bonds is 1. The minimum absolute atomic E-state index is 0.285. The van der Waals surface area contributed by atoms with Crippen LogP contribution < -0.4 is 5.32 Å². The van der Waals surface area contributed by atoms with Gasteiger partial charge >= 0.3 is 0 Å². The molecular weight excluding hydrogens is 200 g/mol. The van der Waals surface area contributed by atoms with Crippen molar-refractivity contribution >= 4 is 27.5 Å². The molecule has 0 unspecified atom stereocenters. The van der Waals surface area contributed by atoms with E-state index in [0.29, 0.717) is 0 Å². The van der Waals surface area contributed by atoms with Gasteiger partial charge in [-0.15, -0.1) is 0 Å². The second-order valence-corrected chi connectivity index (χ2v) is 3.87. The summed E-state index contributed by atoms with van der Waals surface area (Å²) in [6.45, 7) is 0. The number of phenols is 1. The summed E-state index contributed by atoms with van der Waals surface area (Å²) in [5.74, 6) is 0.285. The number of aromatic hydroxyl groups is 1. The highest BCUT2D eigenvalue weighted by molar-refractivity contribution is 6.08. The van der Waals surface area contributed by atoms with E-state index in [4.69, 9.17) is 0 Å². The molecule has 3 aromatic rings. The van der Waals surface area contributed by atoms with Gasteiger partial charge in [0, 0.05) is 35.1 Å². The van der Waals surface area contributed by atoms with Crippen molar-refractivity contribution in [1.29, 1.82) is 0 Å². The molecule has 0 fully saturated rings. The van der Waals surface area contributed by atoms with E-state index < -0.39 is 0 Å². The molecule has 3 nitrogen and oxygen atoms in total. The van der Waals surface area contributed by atoms with Gasteiger partial charge in [0.15, 0.2) is 0 Å². The summed E-state index contributed by atoms with van der Waals surface area (Å²) in [5, 5.41) is 14.8. The number of aromatic amines is 1. The van der Waals surface area contributed by atoms with Gasteiger partial charge in [0.25, 0.3) is 0 Å². The Morgan fingerprint density at radius 2 is 1.69 bits per heavy atom.